The van der Waals surface area contributed by atoms with Crippen LogP contribution in [0.3, 0.4) is 0 Å². The third-order valence-corrected chi connectivity index (χ3v) is 3.94. The van der Waals surface area contributed by atoms with E-state index < -0.39 is 12.0 Å². The van der Waals surface area contributed by atoms with Gasteiger partial charge in [0.25, 0.3) is 0 Å². The second kappa shape index (κ2) is 4.35. The number of rotatable bonds is 3. The minimum absolute atomic E-state index is 0.183. The summed E-state index contributed by atoms with van der Waals surface area (Å²) >= 11 is 0. The van der Waals surface area contributed by atoms with Gasteiger partial charge in [-0.05, 0) is 36.6 Å². The van der Waals surface area contributed by atoms with Crippen molar-refractivity contribution in [3.8, 4) is 0 Å². The van der Waals surface area contributed by atoms with Gasteiger partial charge in [0, 0.05) is 13.0 Å². The molecule has 1 aromatic rings. The van der Waals surface area contributed by atoms with Gasteiger partial charge in [0.1, 0.15) is 6.04 Å². The van der Waals surface area contributed by atoms with Crippen LogP contribution >= 0.6 is 0 Å². The van der Waals surface area contributed by atoms with Crippen LogP contribution in [-0.4, -0.2) is 30.6 Å². The van der Waals surface area contributed by atoms with Gasteiger partial charge in [-0.25, -0.2) is 0 Å². The maximum Gasteiger partial charge on any atom is 0.325 e. The van der Waals surface area contributed by atoms with Crippen molar-refractivity contribution in [2.45, 2.75) is 25.3 Å². The molecule has 2 aliphatic heterocycles. The van der Waals surface area contributed by atoms with Gasteiger partial charge in [-0.3, -0.25) is 9.59 Å². The number of nitrogens with one attached hydrogen (secondary N) is 1. The van der Waals surface area contributed by atoms with E-state index in [0.717, 1.165) is 35.3 Å². The van der Waals surface area contributed by atoms with Gasteiger partial charge in [0.05, 0.1) is 5.69 Å². The fourth-order valence-corrected chi connectivity index (χ4v) is 3.08. The van der Waals surface area contributed by atoms with Crippen molar-refractivity contribution in [2.75, 3.05) is 18.5 Å². The minimum Gasteiger partial charge on any atom is -0.480 e. The number of carbonyl (C=O) groups is 2. The number of hydrogen-bond donors (Lipinski definition) is 2. The van der Waals surface area contributed by atoms with Crippen molar-refractivity contribution in [2.24, 2.45) is 0 Å². The van der Waals surface area contributed by atoms with Crippen LogP contribution in [0.2, 0.25) is 0 Å². The summed E-state index contributed by atoms with van der Waals surface area (Å²) in [6.07, 6.45) is 2.05. The van der Waals surface area contributed by atoms with Gasteiger partial charge in [-0.2, -0.15) is 0 Å². The molecule has 1 atom stereocenters. The van der Waals surface area contributed by atoms with Crippen molar-refractivity contribution < 1.29 is 14.7 Å². The molecule has 0 saturated heterocycles. The van der Waals surface area contributed by atoms with Gasteiger partial charge in [-0.15, -0.1) is 0 Å². The summed E-state index contributed by atoms with van der Waals surface area (Å²) in [5, 5.41) is 12.0. The first-order valence-corrected chi connectivity index (χ1v) is 6.48. The second-order valence-corrected chi connectivity index (χ2v) is 5.04. The average Bonchev–Trinajstić information content (AvgIpc) is 2.79. The lowest BCUT2D eigenvalue weighted by molar-refractivity contribution is -0.139. The SMILES string of the molecule is CNC(C(=O)O)c1cc2c3c(c1)CCN3C(=O)CC2. The molecule has 3 rings (SSSR count). The topological polar surface area (TPSA) is 69.6 Å². The van der Waals surface area contributed by atoms with Gasteiger partial charge >= 0.3 is 5.97 Å². The maximum atomic E-state index is 11.8. The summed E-state index contributed by atoms with van der Waals surface area (Å²) in [6.45, 7) is 0.724. The zero-order valence-electron chi connectivity index (χ0n) is 10.8. The van der Waals surface area contributed by atoms with Crippen LogP contribution in [0.15, 0.2) is 12.1 Å². The van der Waals surface area contributed by atoms with Crippen LogP contribution in [-0.2, 0) is 22.4 Å². The monoisotopic (exact) mass is 260 g/mol. The second-order valence-electron chi connectivity index (χ2n) is 5.04. The molecule has 2 heterocycles. The molecule has 1 aromatic carbocycles. The summed E-state index contributed by atoms with van der Waals surface area (Å²) in [6, 6.07) is 3.17. The third kappa shape index (κ3) is 1.81. The van der Waals surface area contributed by atoms with Gasteiger partial charge in [0.15, 0.2) is 0 Å². The van der Waals surface area contributed by atoms with Crippen LogP contribution in [0.4, 0.5) is 5.69 Å². The standard InChI is InChI=1S/C14H16N2O3/c1-15-12(14(18)19)10-6-8-2-3-11(17)16-5-4-9(7-10)13(8)16/h6-7,12,15H,2-5H2,1H3,(H,18,19). The van der Waals surface area contributed by atoms with Crippen LogP contribution in [0.5, 0.6) is 0 Å². The third-order valence-electron chi connectivity index (χ3n) is 3.94. The minimum atomic E-state index is -0.878. The number of carboxylic acid groups (broad SMARTS) is 1. The van der Waals surface area contributed by atoms with E-state index >= 15 is 0 Å². The van der Waals surface area contributed by atoms with Crippen molar-refractivity contribution in [3.63, 3.8) is 0 Å². The van der Waals surface area contributed by atoms with E-state index in [1.165, 1.54) is 0 Å². The quantitative estimate of drug-likeness (QED) is 0.846. The van der Waals surface area contributed by atoms with E-state index in [1.54, 1.807) is 7.05 Å². The normalized spacial score (nSPS) is 18.4. The molecule has 1 amide bonds. The zero-order chi connectivity index (χ0) is 13.6. The number of aliphatic carboxylic acids is 1. The Morgan fingerprint density at radius 1 is 1.32 bits per heavy atom. The van der Waals surface area contributed by atoms with E-state index in [1.807, 2.05) is 17.0 Å². The molecule has 2 N–H and O–H groups in total. The highest BCUT2D eigenvalue weighted by atomic mass is 16.4. The highest BCUT2D eigenvalue weighted by molar-refractivity contribution is 5.98. The molecule has 2 aliphatic rings. The Kier molecular flexibility index (Phi) is 2.78. The Morgan fingerprint density at radius 3 is 2.63 bits per heavy atom. The average molecular weight is 260 g/mol. The van der Waals surface area contributed by atoms with Gasteiger partial charge in [-0.1, -0.05) is 12.1 Å². The van der Waals surface area contributed by atoms with E-state index in [-0.39, 0.29) is 5.91 Å². The van der Waals surface area contributed by atoms with Crippen LogP contribution < -0.4 is 10.2 Å². The van der Waals surface area contributed by atoms with E-state index in [4.69, 9.17) is 0 Å². The number of carboxylic acids is 1. The number of carbonyl (C=O) groups excluding carboxylic acids is 1. The molecule has 5 nitrogen and oxygen atoms in total. The fraction of sp³-hybridized carbons (Fsp3) is 0.429. The molecule has 1 unspecified atom stereocenters. The Morgan fingerprint density at radius 2 is 2.00 bits per heavy atom. The molecule has 0 spiro atoms. The number of aryl methyl sites for hydroxylation is 1. The van der Waals surface area contributed by atoms with Crippen LogP contribution in [0.25, 0.3) is 0 Å². The number of benzene rings is 1. The predicted octanol–water partition coefficient (Wildman–Crippen LogP) is 0.867. The highest BCUT2D eigenvalue weighted by Crippen LogP contribution is 2.38. The molecule has 0 aliphatic carbocycles. The summed E-state index contributed by atoms with van der Waals surface area (Å²) in [5.41, 5.74) is 4.01. The molecule has 0 saturated carbocycles. The number of nitrogens with zero attached hydrogens (tertiary/aromatic N) is 1. The molecule has 100 valence electrons. The van der Waals surface area contributed by atoms with Crippen LogP contribution in [0.1, 0.15) is 29.2 Å². The van der Waals surface area contributed by atoms with Crippen molar-refractivity contribution in [3.05, 3.63) is 28.8 Å². The molecule has 0 radical (unpaired) electrons. The summed E-state index contributed by atoms with van der Waals surface area (Å²) < 4.78 is 0. The van der Waals surface area contributed by atoms with Crippen molar-refractivity contribution in [1.29, 1.82) is 0 Å². The molecule has 19 heavy (non-hydrogen) atoms. The molecule has 0 bridgehead atoms. The molecule has 0 aromatic heterocycles. The number of amides is 1. The first-order chi connectivity index (χ1) is 9.11. The number of anilines is 1. The lowest BCUT2D eigenvalue weighted by Gasteiger charge is -2.26. The molecular weight excluding hydrogens is 244 g/mol. The largest absolute Gasteiger partial charge is 0.480 e. The number of likely N-dealkylation sites (N-methyl/N-ethyl adjacent to an activating group) is 1. The predicted molar refractivity (Wildman–Crippen MR) is 70.3 cm³/mol. The number of hydrogen-bond acceptors (Lipinski definition) is 3. The first kappa shape index (κ1) is 12.2. The molecule has 0 fully saturated rings. The van der Waals surface area contributed by atoms with Gasteiger partial charge < -0.3 is 15.3 Å². The van der Waals surface area contributed by atoms with Gasteiger partial charge in [0.2, 0.25) is 5.91 Å². The Hall–Kier alpha value is -1.88. The smallest absolute Gasteiger partial charge is 0.325 e. The Labute approximate surface area is 111 Å². The zero-order valence-corrected chi connectivity index (χ0v) is 10.8. The highest BCUT2D eigenvalue weighted by Gasteiger charge is 2.32. The maximum absolute atomic E-state index is 11.8. The molecular formula is C14H16N2O3. The first-order valence-electron chi connectivity index (χ1n) is 6.48. The Balaban J connectivity index is 2.09. The fourth-order valence-electron chi connectivity index (χ4n) is 3.08. The van der Waals surface area contributed by atoms with E-state index in [2.05, 4.69) is 5.32 Å². The Bertz CT molecular complexity index is 568. The van der Waals surface area contributed by atoms with Crippen molar-refractivity contribution >= 4 is 17.6 Å². The lowest BCUT2D eigenvalue weighted by atomic mass is 9.94. The summed E-state index contributed by atoms with van der Waals surface area (Å²) in [4.78, 5) is 24.9. The molecule has 5 heteroatoms. The lowest BCUT2D eigenvalue weighted by Crippen LogP contribution is -2.33. The van der Waals surface area contributed by atoms with Crippen molar-refractivity contribution in [1.82, 2.24) is 5.32 Å². The van der Waals surface area contributed by atoms with E-state index in [0.29, 0.717) is 12.8 Å². The van der Waals surface area contributed by atoms with Crippen LogP contribution in [0, 0.1) is 0 Å². The summed E-state index contributed by atoms with van der Waals surface area (Å²) in [5.74, 6) is -0.696. The van der Waals surface area contributed by atoms with E-state index in [9.17, 15) is 14.7 Å². The summed E-state index contributed by atoms with van der Waals surface area (Å²) in [7, 11) is 1.65.